The van der Waals surface area contributed by atoms with Gasteiger partial charge in [-0.05, 0) is 54.4 Å². The molecule has 1 aliphatic rings. The van der Waals surface area contributed by atoms with Crippen LogP contribution in [0.25, 0.3) is 0 Å². The van der Waals surface area contributed by atoms with Gasteiger partial charge in [-0.1, -0.05) is 12.1 Å². The number of morpholine rings is 1. The van der Waals surface area contributed by atoms with Crippen molar-refractivity contribution in [2.24, 2.45) is 0 Å². The van der Waals surface area contributed by atoms with Gasteiger partial charge in [0.2, 0.25) is 5.91 Å². The molecule has 10 heteroatoms. The SMILES string of the molecule is COc1ccc(CCN(Cc2ccco2)C(=O)CN(CCN2CCOCC2)C(=O)c2cccc(F)c2)cc1OC. The van der Waals surface area contributed by atoms with E-state index in [0.29, 0.717) is 56.5 Å². The predicted molar refractivity (Wildman–Crippen MR) is 147 cm³/mol. The third-order valence-corrected chi connectivity index (χ3v) is 6.87. The average molecular weight is 554 g/mol. The molecule has 214 valence electrons. The number of methoxy groups -OCH3 is 2. The monoisotopic (exact) mass is 553 g/mol. The number of furan rings is 1. The highest BCUT2D eigenvalue weighted by molar-refractivity contribution is 5.96. The summed E-state index contributed by atoms with van der Waals surface area (Å²) in [4.78, 5) is 32.5. The van der Waals surface area contributed by atoms with Crippen LogP contribution in [0, 0.1) is 5.82 Å². The van der Waals surface area contributed by atoms with Crippen molar-refractivity contribution in [2.45, 2.75) is 13.0 Å². The maximum atomic E-state index is 13.9. The van der Waals surface area contributed by atoms with Gasteiger partial charge in [-0.15, -0.1) is 0 Å². The number of halogens is 1. The molecule has 4 rings (SSSR count). The molecule has 0 saturated carbocycles. The molecule has 2 aromatic carbocycles. The van der Waals surface area contributed by atoms with E-state index in [0.717, 1.165) is 18.7 Å². The molecule has 1 saturated heterocycles. The van der Waals surface area contributed by atoms with Crippen molar-refractivity contribution in [1.29, 1.82) is 0 Å². The van der Waals surface area contributed by atoms with Crippen molar-refractivity contribution >= 4 is 11.8 Å². The lowest BCUT2D eigenvalue weighted by molar-refractivity contribution is -0.132. The Balaban J connectivity index is 1.50. The van der Waals surface area contributed by atoms with E-state index in [1.165, 1.54) is 23.1 Å². The number of ether oxygens (including phenoxy) is 3. The summed E-state index contributed by atoms with van der Waals surface area (Å²) >= 11 is 0. The van der Waals surface area contributed by atoms with E-state index in [1.54, 1.807) is 37.5 Å². The molecule has 9 nitrogen and oxygen atoms in total. The minimum absolute atomic E-state index is 0.146. The zero-order chi connectivity index (χ0) is 28.3. The molecule has 0 N–H and O–H groups in total. The van der Waals surface area contributed by atoms with Crippen LogP contribution in [0.3, 0.4) is 0 Å². The fourth-order valence-corrected chi connectivity index (χ4v) is 4.59. The second-order valence-corrected chi connectivity index (χ2v) is 9.53. The van der Waals surface area contributed by atoms with Crippen molar-refractivity contribution in [3.63, 3.8) is 0 Å². The molecular weight excluding hydrogens is 517 g/mol. The van der Waals surface area contributed by atoms with Crippen molar-refractivity contribution in [2.75, 3.05) is 66.7 Å². The molecule has 1 aliphatic heterocycles. The highest BCUT2D eigenvalue weighted by atomic mass is 19.1. The lowest BCUT2D eigenvalue weighted by Gasteiger charge is -2.31. The van der Waals surface area contributed by atoms with Crippen LogP contribution in [0.1, 0.15) is 21.7 Å². The third kappa shape index (κ3) is 8.06. The molecule has 0 spiro atoms. The van der Waals surface area contributed by atoms with Crippen LogP contribution in [0.15, 0.2) is 65.3 Å². The summed E-state index contributed by atoms with van der Waals surface area (Å²) in [6.45, 7) is 4.18. The smallest absolute Gasteiger partial charge is 0.254 e. The molecule has 1 fully saturated rings. The standard InChI is InChI=1S/C30H36FN3O6/c1-37-27-9-8-23(19-28(27)38-2)10-11-33(21-26-7-4-16-40-26)29(35)22-34(13-12-32-14-17-39-18-15-32)30(36)24-5-3-6-25(31)20-24/h3-9,16,19-20H,10-15,17-18,21-22H2,1-2H3. The van der Waals surface area contributed by atoms with Crippen LogP contribution in [-0.2, 0) is 22.5 Å². The average Bonchev–Trinajstić information content (AvgIpc) is 3.50. The Kier molecular flexibility index (Phi) is 10.5. The lowest BCUT2D eigenvalue weighted by Crippen LogP contribution is -2.47. The fraction of sp³-hybridized carbons (Fsp3) is 0.400. The lowest BCUT2D eigenvalue weighted by atomic mass is 10.1. The highest BCUT2D eigenvalue weighted by Crippen LogP contribution is 2.28. The Bertz CT molecular complexity index is 1250. The van der Waals surface area contributed by atoms with E-state index in [4.69, 9.17) is 18.6 Å². The molecule has 0 bridgehead atoms. The summed E-state index contributed by atoms with van der Waals surface area (Å²) in [6.07, 6.45) is 2.12. The van der Waals surface area contributed by atoms with Gasteiger partial charge < -0.3 is 28.4 Å². The second kappa shape index (κ2) is 14.5. The Hall–Kier alpha value is -3.89. The summed E-state index contributed by atoms with van der Waals surface area (Å²) in [5, 5.41) is 0. The van der Waals surface area contributed by atoms with E-state index in [2.05, 4.69) is 4.90 Å². The van der Waals surface area contributed by atoms with E-state index in [1.807, 2.05) is 24.3 Å². The van der Waals surface area contributed by atoms with E-state index < -0.39 is 5.82 Å². The molecule has 0 radical (unpaired) electrons. The Labute approximate surface area is 234 Å². The predicted octanol–water partition coefficient (Wildman–Crippen LogP) is 3.48. The zero-order valence-electron chi connectivity index (χ0n) is 23.0. The summed E-state index contributed by atoms with van der Waals surface area (Å²) < 4.78 is 35.6. The van der Waals surface area contributed by atoms with Gasteiger partial charge >= 0.3 is 0 Å². The van der Waals surface area contributed by atoms with Crippen molar-refractivity contribution in [3.8, 4) is 11.5 Å². The van der Waals surface area contributed by atoms with Gasteiger partial charge in [0.1, 0.15) is 18.1 Å². The number of carbonyl (C=O) groups is 2. The van der Waals surface area contributed by atoms with E-state index in [9.17, 15) is 14.0 Å². The fourth-order valence-electron chi connectivity index (χ4n) is 4.59. The first-order valence-electron chi connectivity index (χ1n) is 13.3. The van der Waals surface area contributed by atoms with Gasteiger partial charge in [0, 0.05) is 38.3 Å². The van der Waals surface area contributed by atoms with Gasteiger partial charge in [-0.2, -0.15) is 0 Å². The maximum Gasteiger partial charge on any atom is 0.254 e. The number of nitrogens with zero attached hydrogens (tertiary/aromatic N) is 3. The Morgan fingerprint density at radius 2 is 1.75 bits per heavy atom. The number of hydrogen-bond donors (Lipinski definition) is 0. The van der Waals surface area contributed by atoms with Crippen LogP contribution >= 0.6 is 0 Å². The van der Waals surface area contributed by atoms with Crippen LogP contribution in [0.5, 0.6) is 11.5 Å². The van der Waals surface area contributed by atoms with Crippen LogP contribution < -0.4 is 9.47 Å². The van der Waals surface area contributed by atoms with Gasteiger partial charge in [0.05, 0.1) is 40.2 Å². The minimum Gasteiger partial charge on any atom is -0.493 e. The van der Waals surface area contributed by atoms with Crippen molar-refractivity contribution in [3.05, 3.63) is 83.6 Å². The molecular formula is C30H36FN3O6. The van der Waals surface area contributed by atoms with Crippen molar-refractivity contribution in [1.82, 2.24) is 14.7 Å². The van der Waals surface area contributed by atoms with Gasteiger partial charge in [0.25, 0.3) is 5.91 Å². The maximum absolute atomic E-state index is 13.9. The van der Waals surface area contributed by atoms with E-state index >= 15 is 0 Å². The number of rotatable bonds is 13. The minimum atomic E-state index is -0.500. The molecule has 2 heterocycles. The molecule has 3 aromatic rings. The number of amides is 2. The quantitative estimate of drug-likeness (QED) is 0.321. The second-order valence-electron chi connectivity index (χ2n) is 9.53. The van der Waals surface area contributed by atoms with Gasteiger partial charge in [0.15, 0.2) is 11.5 Å². The molecule has 0 unspecified atom stereocenters. The first kappa shape index (κ1) is 29.1. The topological polar surface area (TPSA) is 84.7 Å². The van der Waals surface area contributed by atoms with E-state index in [-0.39, 0.29) is 30.5 Å². The first-order valence-corrected chi connectivity index (χ1v) is 13.3. The Morgan fingerprint density at radius 3 is 2.45 bits per heavy atom. The summed E-state index contributed by atoms with van der Waals surface area (Å²) in [7, 11) is 3.16. The van der Waals surface area contributed by atoms with Crippen LogP contribution in [0.2, 0.25) is 0 Å². The largest absolute Gasteiger partial charge is 0.493 e. The molecule has 0 atom stereocenters. The van der Waals surface area contributed by atoms with Gasteiger partial charge in [-0.3, -0.25) is 14.5 Å². The van der Waals surface area contributed by atoms with Crippen LogP contribution in [-0.4, -0.2) is 93.2 Å². The Morgan fingerprint density at radius 1 is 0.950 bits per heavy atom. The molecule has 1 aromatic heterocycles. The van der Waals surface area contributed by atoms with Crippen molar-refractivity contribution < 1.29 is 32.6 Å². The number of carbonyl (C=O) groups excluding carboxylic acids is 2. The first-order chi connectivity index (χ1) is 19.5. The molecule has 2 amide bonds. The summed E-state index contributed by atoms with van der Waals surface area (Å²) in [5.41, 5.74) is 1.17. The van der Waals surface area contributed by atoms with Crippen LogP contribution in [0.4, 0.5) is 4.39 Å². The normalized spacial score (nSPS) is 13.6. The number of hydrogen-bond acceptors (Lipinski definition) is 7. The molecule has 0 aliphatic carbocycles. The zero-order valence-corrected chi connectivity index (χ0v) is 23.0. The number of benzene rings is 2. The summed E-state index contributed by atoms with van der Waals surface area (Å²) in [5.74, 6) is 0.750. The van der Waals surface area contributed by atoms with Gasteiger partial charge in [-0.25, -0.2) is 4.39 Å². The summed E-state index contributed by atoms with van der Waals surface area (Å²) in [6, 6.07) is 14.8. The third-order valence-electron chi connectivity index (χ3n) is 6.87. The molecule has 40 heavy (non-hydrogen) atoms. The highest BCUT2D eigenvalue weighted by Gasteiger charge is 2.24.